The van der Waals surface area contributed by atoms with Crippen molar-refractivity contribution in [2.45, 2.75) is 58.4 Å². The molecule has 1 aliphatic rings. The fourth-order valence-electron chi connectivity index (χ4n) is 3.12. The van der Waals surface area contributed by atoms with Crippen LogP contribution >= 0.6 is 0 Å². The minimum absolute atomic E-state index is 0.0601. The molecule has 1 amide bonds. The van der Waals surface area contributed by atoms with Gasteiger partial charge >= 0.3 is 0 Å². The van der Waals surface area contributed by atoms with Crippen molar-refractivity contribution in [1.29, 1.82) is 0 Å². The summed E-state index contributed by atoms with van der Waals surface area (Å²) in [5.41, 5.74) is 3.50. The minimum atomic E-state index is 0.0601. The number of likely N-dealkylation sites (N-methyl/N-ethyl adjacent to an activating group) is 1. The summed E-state index contributed by atoms with van der Waals surface area (Å²) >= 11 is 0. The summed E-state index contributed by atoms with van der Waals surface area (Å²) in [6, 6.07) is 0.0601. The lowest BCUT2D eigenvalue weighted by Gasteiger charge is -2.24. The summed E-state index contributed by atoms with van der Waals surface area (Å²) in [4.78, 5) is 14.5. The monoisotopic (exact) mass is 292 g/mol. The number of hydrogen-bond donors (Lipinski definition) is 2. The first-order chi connectivity index (χ1) is 10.1. The highest BCUT2D eigenvalue weighted by Gasteiger charge is 2.24. The predicted octanol–water partition coefficient (Wildman–Crippen LogP) is 1.95. The molecule has 1 aromatic rings. The van der Waals surface area contributed by atoms with Gasteiger partial charge in [0.1, 0.15) is 0 Å². The van der Waals surface area contributed by atoms with Crippen LogP contribution in [0.5, 0.6) is 0 Å². The Hall–Kier alpha value is -1.36. The van der Waals surface area contributed by atoms with Crippen molar-refractivity contribution in [2.24, 2.45) is 0 Å². The number of likely N-dealkylation sites (tertiary alicyclic amines) is 1. The van der Waals surface area contributed by atoms with E-state index in [0.29, 0.717) is 0 Å². The number of hydrogen-bond acceptors (Lipinski definition) is 3. The molecule has 2 heterocycles. The van der Waals surface area contributed by atoms with Gasteiger partial charge in [0.25, 0.3) is 0 Å². The smallest absolute Gasteiger partial charge is 0.237 e. The SMILES string of the molecule is Cc1n[nH]c(C)c1CCCNC(=O)C1CCCCCN1C. The summed E-state index contributed by atoms with van der Waals surface area (Å²) in [7, 11) is 2.06. The van der Waals surface area contributed by atoms with Gasteiger partial charge in [0.15, 0.2) is 0 Å². The van der Waals surface area contributed by atoms with E-state index in [1.54, 1.807) is 0 Å². The molecule has 1 atom stereocenters. The first-order valence-electron chi connectivity index (χ1n) is 8.08. The van der Waals surface area contributed by atoms with E-state index in [1.165, 1.54) is 18.4 Å². The molecule has 1 unspecified atom stereocenters. The Labute approximate surface area is 127 Å². The maximum absolute atomic E-state index is 12.3. The van der Waals surface area contributed by atoms with Crippen LogP contribution in [0.2, 0.25) is 0 Å². The Balaban J connectivity index is 1.74. The van der Waals surface area contributed by atoms with E-state index in [1.807, 2.05) is 6.92 Å². The first-order valence-corrected chi connectivity index (χ1v) is 8.08. The van der Waals surface area contributed by atoms with Gasteiger partial charge in [0.2, 0.25) is 5.91 Å². The molecule has 0 spiro atoms. The highest BCUT2D eigenvalue weighted by molar-refractivity contribution is 5.81. The molecule has 2 N–H and O–H groups in total. The van der Waals surface area contributed by atoms with Gasteiger partial charge in [0.05, 0.1) is 11.7 Å². The fourth-order valence-corrected chi connectivity index (χ4v) is 3.12. The lowest BCUT2D eigenvalue weighted by Crippen LogP contribution is -2.45. The molecule has 0 bridgehead atoms. The van der Waals surface area contributed by atoms with Crippen LogP contribution in [-0.4, -0.2) is 47.2 Å². The van der Waals surface area contributed by atoms with Crippen molar-refractivity contribution in [1.82, 2.24) is 20.4 Å². The van der Waals surface area contributed by atoms with E-state index in [4.69, 9.17) is 0 Å². The van der Waals surface area contributed by atoms with Crippen molar-refractivity contribution >= 4 is 5.91 Å². The largest absolute Gasteiger partial charge is 0.355 e. The molecule has 0 radical (unpaired) electrons. The van der Waals surface area contributed by atoms with Crippen molar-refractivity contribution in [3.05, 3.63) is 17.0 Å². The summed E-state index contributed by atoms with van der Waals surface area (Å²) in [6.07, 6.45) is 6.53. The molecule has 0 aromatic carbocycles. The summed E-state index contributed by atoms with van der Waals surface area (Å²) < 4.78 is 0. The standard InChI is InChI=1S/C16H28N4O/c1-12-14(13(2)19-18-12)8-7-10-17-16(21)15-9-5-4-6-11-20(15)3/h15H,4-11H2,1-3H3,(H,17,21)(H,18,19). The van der Waals surface area contributed by atoms with Crippen LogP contribution in [0.4, 0.5) is 0 Å². The molecule has 5 heteroatoms. The van der Waals surface area contributed by atoms with Crippen LogP contribution in [-0.2, 0) is 11.2 Å². The molecule has 5 nitrogen and oxygen atoms in total. The zero-order valence-corrected chi connectivity index (χ0v) is 13.5. The maximum Gasteiger partial charge on any atom is 0.237 e. The summed E-state index contributed by atoms with van der Waals surface area (Å²) in [5, 5.41) is 10.3. The molecule has 118 valence electrons. The highest BCUT2D eigenvalue weighted by atomic mass is 16.2. The van der Waals surface area contributed by atoms with Crippen LogP contribution in [0.25, 0.3) is 0 Å². The Bertz CT molecular complexity index is 449. The minimum Gasteiger partial charge on any atom is -0.355 e. The maximum atomic E-state index is 12.3. The number of aromatic nitrogens is 2. The van der Waals surface area contributed by atoms with Crippen LogP contribution in [0, 0.1) is 13.8 Å². The van der Waals surface area contributed by atoms with Crippen LogP contribution in [0.1, 0.15) is 49.1 Å². The molecular formula is C16H28N4O. The average Bonchev–Trinajstić information content (AvgIpc) is 2.65. The molecule has 1 saturated heterocycles. The Morgan fingerprint density at radius 1 is 1.38 bits per heavy atom. The average molecular weight is 292 g/mol. The zero-order chi connectivity index (χ0) is 15.2. The quantitative estimate of drug-likeness (QED) is 0.816. The molecule has 2 rings (SSSR count). The third kappa shape index (κ3) is 4.30. The number of H-pyrrole nitrogens is 1. The van der Waals surface area contributed by atoms with Crippen molar-refractivity contribution in [3.8, 4) is 0 Å². The molecule has 0 saturated carbocycles. The van der Waals surface area contributed by atoms with E-state index in [9.17, 15) is 4.79 Å². The molecule has 21 heavy (non-hydrogen) atoms. The van der Waals surface area contributed by atoms with Gasteiger partial charge in [-0.05, 0) is 58.7 Å². The lowest BCUT2D eigenvalue weighted by atomic mass is 10.1. The van der Waals surface area contributed by atoms with Crippen molar-refractivity contribution in [3.63, 3.8) is 0 Å². The van der Waals surface area contributed by atoms with Crippen LogP contribution in [0.3, 0.4) is 0 Å². The van der Waals surface area contributed by atoms with E-state index in [-0.39, 0.29) is 11.9 Å². The molecule has 0 aliphatic carbocycles. The van der Waals surface area contributed by atoms with Crippen LogP contribution < -0.4 is 5.32 Å². The van der Waals surface area contributed by atoms with E-state index >= 15 is 0 Å². The molecule has 1 aromatic heterocycles. The Kier molecular flexibility index (Phi) is 5.79. The molecule has 1 fully saturated rings. The second kappa shape index (κ2) is 7.59. The third-order valence-electron chi connectivity index (χ3n) is 4.51. The number of rotatable bonds is 5. The highest BCUT2D eigenvalue weighted by Crippen LogP contribution is 2.15. The van der Waals surface area contributed by atoms with E-state index in [2.05, 4.69) is 34.4 Å². The number of amides is 1. The number of carbonyl (C=O) groups excluding carboxylic acids is 1. The van der Waals surface area contributed by atoms with Gasteiger partial charge in [-0.1, -0.05) is 12.8 Å². The topological polar surface area (TPSA) is 61.0 Å². The number of aryl methyl sites for hydroxylation is 2. The molecular weight excluding hydrogens is 264 g/mol. The van der Waals surface area contributed by atoms with Gasteiger partial charge in [0, 0.05) is 12.2 Å². The second-order valence-electron chi connectivity index (χ2n) is 6.15. The number of nitrogens with zero attached hydrogens (tertiary/aromatic N) is 2. The third-order valence-corrected chi connectivity index (χ3v) is 4.51. The Morgan fingerprint density at radius 2 is 2.19 bits per heavy atom. The number of nitrogens with one attached hydrogen (secondary N) is 2. The normalized spacial score (nSPS) is 20.2. The summed E-state index contributed by atoms with van der Waals surface area (Å²) in [6.45, 7) is 5.85. The van der Waals surface area contributed by atoms with Gasteiger partial charge < -0.3 is 5.32 Å². The van der Waals surface area contributed by atoms with Gasteiger partial charge in [-0.15, -0.1) is 0 Å². The molecule has 1 aliphatic heterocycles. The van der Waals surface area contributed by atoms with Gasteiger partial charge in [-0.3, -0.25) is 14.8 Å². The van der Waals surface area contributed by atoms with Gasteiger partial charge in [-0.2, -0.15) is 5.10 Å². The fraction of sp³-hybridized carbons (Fsp3) is 0.750. The predicted molar refractivity (Wildman–Crippen MR) is 84.3 cm³/mol. The van der Waals surface area contributed by atoms with E-state index in [0.717, 1.165) is 50.2 Å². The van der Waals surface area contributed by atoms with Crippen molar-refractivity contribution < 1.29 is 4.79 Å². The Morgan fingerprint density at radius 3 is 2.90 bits per heavy atom. The second-order valence-corrected chi connectivity index (χ2v) is 6.15. The van der Waals surface area contributed by atoms with Crippen LogP contribution in [0.15, 0.2) is 0 Å². The first kappa shape index (κ1) is 16.0. The van der Waals surface area contributed by atoms with Crippen molar-refractivity contribution in [2.75, 3.05) is 20.1 Å². The zero-order valence-electron chi connectivity index (χ0n) is 13.5. The lowest BCUT2D eigenvalue weighted by molar-refractivity contribution is -0.126. The number of carbonyl (C=O) groups is 1. The number of aromatic amines is 1. The van der Waals surface area contributed by atoms with Gasteiger partial charge in [-0.25, -0.2) is 0 Å². The summed E-state index contributed by atoms with van der Waals surface area (Å²) in [5.74, 6) is 0.194. The van der Waals surface area contributed by atoms with E-state index < -0.39 is 0 Å².